The van der Waals surface area contributed by atoms with Gasteiger partial charge >= 0.3 is 0 Å². The van der Waals surface area contributed by atoms with Crippen molar-refractivity contribution in [2.45, 2.75) is 43.9 Å². The molecule has 6 heteroatoms. The summed E-state index contributed by atoms with van der Waals surface area (Å²) in [5.74, 6) is -0.304. The highest BCUT2D eigenvalue weighted by molar-refractivity contribution is 5.91. The molecule has 0 N–H and O–H groups in total. The van der Waals surface area contributed by atoms with E-state index < -0.39 is 5.79 Å². The van der Waals surface area contributed by atoms with Gasteiger partial charge in [-0.1, -0.05) is 30.3 Å². The summed E-state index contributed by atoms with van der Waals surface area (Å²) in [7, 11) is 0. The Morgan fingerprint density at radius 2 is 1.81 bits per heavy atom. The van der Waals surface area contributed by atoms with Crippen molar-refractivity contribution in [2.24, 2.45) is 0 Å². The van der Waals surface area contributed by atoms with Gasteiger partial charge in [0.2, 0.25) is 11.8 Å². The first-order chi connectivity index (χ1) is 12.7. The third-order valence-electron chi connectivity index (χ3n) is 5.75. The summed E-state index contributed by atoms with van der Waals surface area (Å²) in [6.07, 6.45) is 3.30. The summed E-state index contributed by atoms with van der Waals surface area (Å²) >= 11 is 0. The number of piperidine rings is 1. The highest BCUT2D eigenvalue weighted by atomic mass is 16.7. The SMILES string of the molecule is O=C(C1CCC(=O)N1CCc1ccccc1)N1CCC2(CC1)OCCO2. The summed E-state index contributed by atoms with van der Waals surface area (Å²) in [4.78, 5) is 29.0. The van der Waals surface area contributed by atoms with Crippen LogP contribution in [0.2, 0.25) is 0 Å². The molecule has 140 valence electrons. The van der Waals surface area contributed by atoms with Gasteiger partial charge in [0, 0.05) is 38.9 Å². The average molecular weight is 358 g/mol. The molecule has 26 heavy (non-hydrogen) atoms. The number of nitrogens with zero attached hydrogens (tertiary/aromatic N) is 2. The van der Waals surface area contributed by atoms with E-state index in [0.717, 1.165) is 6.42 Å². The van der Waals surface area contributed by atoms with E-state index in [1.165, 1.54) is 5.56 Å². The van der Waals surface area contributed by atoms with Gasteiger partial charge in [0.25, 0.3) is 0 Å². The first kappa shape index (κ1) is 17.5. The molecule has 3 fully saturated rings. The van der Waals surface area contributed by atoms with Crippen LogP contribution in [0.25, 0.3) is 0 Å². The van der Waals surface area contributed by atoms with E-state index in [9.17, 15) is 9.59 Å². The number of benzene rings is 1. The van der Waals surface area contributed by atoms with Crippen molar-refractivity contribution in [3.63, 3.8) is 0 Å². The second kappa shape index (κ2) is 7.37. The molecule has 3 saturated heterocycles. The molecule has 2 amide bonds. The lowest BCUT2D eigenvalue weighted by atomic mass is 10.0. The predicted octanol–water partition coefficient (Wildman–Crippen LogP) is 1.59. The van der Waals surface area contributed by atoms with Crippen LogP contribution in [0, 0.1) is 0 Å². The Labute approximate surface area is 154 Å². The Morgan fingerprint density at radius 3 is 2.50 bits per heavy atom. The fourth-order valence-electron chi connectivity index (χ4n) is 4.23. The minimum Gasteiger partial charge on any atom is -0.347 e. The molecule has 3 heterocycles. The van der Waals surface area contributed by atoms with Crippen molar-refractivity contribution in [3.8, 4) is 0 Å². The van der Waals surface area contributed by atoms with Crippen LogP contribution in [-0.2, 0) is 25.5 Å². The highest BCUT2D eigenvalue weighted by Gasteiger charge is 2.44. The number of amides is 2. The molecule has 0 saturated carbocycles. The summed E-state index contributed by atoms with van der Waals surface area (Å²) in [6.45, 7) is 3.14. The molecule has 6 nitrogen and oxygen atoms in total. The normalized spacial score (nSPS) is 25.2. The molecule has 1 aromatic rings. The monoisotopic (exact) mass is 358 g/mol. The second-order valence-electron chi connectivity index (χ2n) is 7.31. The number of hydrogen-bond acceptors (Lipinski definition) is 4. The van der Waals surface area contributed by atoms with Gasteiger partial charge in [-0.3, -0.25) is 9.59 Å². The summed E-state index contributed by atoms with van der Waals surface area (Å²) in [6, 6.07) is 9.79. The number of rotatable bonds is 4. The Kier molecular flexibility index (Phi) is 4.96. The molecule has 3 aliphatic rings. The van der Waals surface area contributed by atoms with E-state index in [2.05, 4.69) is 12.1 Å². The van der Waals surface area contributed by atoms with Crippen molar-refractivity contribution >= 4 is 11.8 Å². The zero-order valence-corrected chi connectivity index (χ0v) is 15.1. The van der Waals surface area contributed by atoms with Crippen molar-refractivity contribution in [2.75, 3.05) is 32.8 Å². The maximum Gasteiger partial charge on any atom is 0.245 e. The molecule has 4 rings (SSSR count). The first-order valence-corrected chi connectivity index (χ1v) is 9.57. The number of hydrogen-bond donors (Lipinski definition) is 0. The van der Waals surface area contributed by atoms with Gasteiger partial charge in [-0.2, -0.15) is 0 Å². The minimum absolute atomic E-state index is 0.0803. The van der Waals surface area contributed by atoms with Gasteiger partial charge in [-0.25, -0.2) is 0 Å². The third kappa shape index (κ3) is 3.48. The standard InChI is InChI=1S/C20H26N2O4/c23-18-7-6-17(22(18)11-8-16-4-2-1-3-5-16)19(24)21-12-9-20(10-13-21)25-14-15-26-20/h1-5,17H,6-15H2. The molecule has 1 aromatic carbocycles. The Bertz CT molecular complexity index is 647. The fourth-order valence-corrected chi connectivity index (χ4v) is 4.23. The topological polar surface area (TPSA) is 59.1 Å². The van der Waals surface area contributed by atoms with Crippen LogP contribution in [0.5, 0.6) is 0 Å². The van der Waals surface area contributed by atoms with E-state index in [1.807, 2.05) is 23.1 Å². The van der Waals surface area contributed by atoms with Gasteiger partial charge in [0.15, 0.2) is 5.79 Å². The van der Waals surface area contributed by atoms with Crippen LogP contribution in [-0.4, -0.2) is 66.3 Å². The van der Waals surface area contributed by atoms with Crippen LogP contribution in [0.15, 0.2) is 30.3 Å². The Balaban J connectivity index is 1.36. The van der Waals surface area contributed by atoms with Crippen LogP contribution in [0.4, 0.5) is 0 Å². The number of carbonyl (C=O) groups excluding carboxylic acids is 2. The maximum absolute atomic E-state index is 13.0. The largest absolute Gasteiger partial charge is 0.347 e. The lowest BCUT2D eigenvalue weighted by molar-refractivity contribution is -0.188. The van der Waals surface area contributed by atoms with Crippen LogP contribution < -0.4 is 0 Å². The molecule has 0 bridgehead atoms. The zero-order valence-electron chi connectivity index (χ0n) is 15.1. The average Bonchev–Trinajstić information content (AvgIpc) is 3.28. The van der Waals surface area contributed by atoms with Crippen LogP contribution in [0.1, 0.15) is 31.2 Å². The van der Waals surface area contributed by atoms with Crippen LogP contribution >= 0.6 is 0 Å². The molecule has 0 aliphatic carbocycles. The van der Waals surface area contributed by atoms with E-state index in [-0.39, 0.29) is 17.9 Å². The summed E-state index contributed by atoms with van der Waals surface area (Å²) in [5, 5.41) is 0. The van der Waals surface area contributed by atoms with Gasteiger partial charge in [0.1, 0.15) is 6.04 Å². The van der Waals surface area contributed by atoms with Crippen molar-refractivity contribution in [1.82, 2.24) is 9.80 Å². The summed E-state index contributed by atoms with van der Waals surface area (Å²) < 4.78 is 11.5. The smallest absolute Gasteiger partial charge is 0.245 e. The molecule has 3 aliphatic heterocycles. The number of likely N-dealkylation sites (tertiary alicyclic amines) is 2. The van der Waals surface area contributed by atoms with E-state index >= 15 is 0 Å². The Hall–Kier alpha value is -1.92. The molecular formula is C20H26N2O4. The highest BCUT2D eigenvalue weighted by Crippen LogP contribution is 2.32. The van der Waals surface area contributed by atoms with E-state index in [4.69, 9.17) is 9.47 Å². The van der Waals surface area contributed by atoms with E-state index in [0.29, 0.717) is 58.5 Å². The van der Waals surface area contributed by atoms with Crippen molar-refractivity contribution in [3.05, 3.63) is 35.9 Å². The van der Waals surface area contributed by atoms with Gasteiger partial charge < -0.3 is 19.3 Å². The van der Waals surface area contributed by atoms with E-state index in [1.54, 1.807) is 4.90 Å². The second-order valence-corrected chi connectivity index (χ2v) is 7.31. The lowest BCUT2D eigenvalue weighted by Crippen LogP contribution is -2.53. The molecule has 1 spiro atoms. The third-order valence-corrected chi connectivity index (χ3v) is 5.75. The van der Waals surface area contributed by atoms with Gasteiger partial charge in [0.05, 0.1) is 13.2 Å². The molecule has 0 radical (unpaired) electrons. The lowest BCUT2D eigenvalue weighted by Gasteiger charge is -2.39. The van der Waals surface area contributed by atoms with Crippen molar-refractivity contribution < 1.29 is 19.1 Å². The van der Waals surface area contributed by atoms with Gasteiger partial charge in [-0.15, -0.1) is 0 Å². The Morgan fingerprint density at radius 1 is 1.12 bits per heavy atom. The first-order valence-electron chi connectivity index (χ1n) is 9.57. The quantitative estimate of drug-likeness (QED) is 0.820. The zero-order chi connectivity index (χ0) is 18.0. The van der Waals surface area contributed by atoms with Gasteiger partial charge in [-0.05, 0) is 18.4 Å². The predicted molar refractivity (Wildman–Crippen MR) is 95.3 cm³/mol. The molecule has 1 atom stereocenters. The maximum atomic E-state index is 13.0. The molecule has 1 unspecified atom stereocenters. The fraction of sp³-hybridized carbons (Fsp3) is 0.600. The van der Waals surface area contributed by atoms with Crippen LogP contribution in [0.3, 0.4) is 0 Å². The molecular weight excluding hydrogens is 332 g/mol. The number of carbonyl (C=O) groups is 2. The van der Waals surface area contributed by atoms with Crippen molar-refractivity contribution in [1.29, 1.82) is 0 Å². The molecule has 0 aromatic heterocycles. The summed E-state index contributed by atoms with van der Waals surface area (Å²) in [5.41, 5.74) is 1.19. The minimum atomic E-state index is -0.477. The number of ether oxygens (including phenoxy) is 2.